The lowest BCUT2D eigenvalue weighted by atomic mass is 9.90. The second-order valence-electron chi connectivity index (χ2n) is 8.89. The smallest absolute Gasteiger partial charge is 0.339 e. The fourth-order valence-corrected chi connectivity index (χ4v) is 5.63. The zero-order chi connectivity index (χ0) is 24.5. The maximum Gasteiger partial charge on any atom is 0.339 e. The fourth-order valence-electron chi connectivity index (χ4n) is 4.41. The Balaban J connectivity index is 1.69. The van der Waals surface area contributed by atoms with Crippen LogP contribution in [-0.2, 0) is 27.7 Å². The third-order valence-corrected chi connectivity index (χ3v) is 7.62. The molecule has 1 aliphatic carbocycles. The number of sulfonamides is 1. The highest BCUT2D eigenvalue weighted by Crippen LogP contribution is 2.35. The van der Waals surface area contributed by atoms with Gasteiger partial charge in [-0.3, -0.25) is 0 Å². The Morgan fingerprint density at radius 3 is 2.41 bits per heavy atom. The standard InChI is InChI=1S/C26H29NO6S/c1-4-7-21(27-34(30,31)18-12-10-16(2)11-13-18)26(29)33-23-15-17(3)14-22-24(23)19-8-5-6-9-20(19)25(28)32-22/h10-15,21,27H,4-9H2,1-3H3/t21-/m0/s1. The van der Waals surface area contributed by atoms with Gasteiger partial charge in [-0.2, -0.15) is 4.72 Å². The lowest BCUT2D eigenvalue weighted by Gasteiger charge is -2.20. The van der Waals surface area contributed by atoms with Crippen LogP contribution >= 0.6 is 0 Å². The van der Waals surface area contributed by atoms with Gasteiger partial charge in [-0.15, -0.1) is 0 Å². The highest BCUT2D eigenvalue weighted by molar-refractivity contribution is 7.89. The van der Waals surface area contributed by atoms with E-state index in [-0.39, 0.29) is 22.7 Å². The van der Waals surface area contributed by atoms with Crippen LogP contribution in [0.5, 0.6) is 5.75 Å². The van der Waals surface area contributed by atoms with E-state index in [1.807, 2.05) is 20.8 Å². The number of ether oxygens (including phenoxy) is 1. The second kappa shape index (κ2) is 9.72. The quantitative estimate of drug-likeness (QED) is 0.305. The van der Waals surface area contributed by atoms with Crippen LogP contribution in [0.3, 0.4) is 0 Å². The molecule has 1 heterocycles. The molecule has 2 aromatic carbocycles. The first kappa shape index (κ1) is 24.2. The number of rotatable bonds is 7. The average Bonchev–Trinajstić information content (AvgIpc) is 2.78. The third-order valence-electron chi connectivity index (χ3n) is 6.13. The molecule has 1 N–H and O–H groups in total. The zero-order valence-electron chi connectivity index (χ0n) is 19.6. The van der Waals surface area contributed by atoms with Crippen LogP contribution < -0.4 is 15.1 Å². The van der Waals surface area contributed by atoms with E-state index in [0.717, 1.165) is 29.5 Å². The normalized spacial score (nSPS) is 14.6. The molecule has 1 aromatic heterocycles. The number of esters is 1. The molecule has 0 saturated carbocycles. The van der Waals surface area contributed by atoms with E-state index < -0.39 is 22.0 Å². The highest BCUT2D eigenvalue weighted by atomic mass is 32.2. The van der Waals surface area contributed by atoms with Crippen molar-refractivity contribution in [1.29, 1.82) is 0 Å². The van der Waals surface area contributed by atoms with Crippen molar-refractivity contribution in [2.24, 2.45) is 0 Å². The minimum atomic E-state index is -3.92. The van der Waals surface area contributed by atoms with Gasteiger partial charge in [0.05, 0.1) is 10.3 Å². The molecule has 0 bridgehead atoms. The number of fused-ring (bicyclic) bond motifs is 3. The van der Waals surface area contributed by atoms with Gasteiger partial charge in [-0.1, -0.05) is 31.0 Å². The first-order valence-electron chi connectivity index (χ1n) is 11.6. The van der Waals surface area contributed by atoms with Crippen molar-refractivity contribution in [2.75, 3.05) is 0 Å². The minimum absolute atomic E-state index is 0.0869. The SMILES string of the molecule is CCC[C@H](NS(=O)(=O)c1ccc(C)cc1)C(=O)Oc1cc(C)cc2oc(=O)c3c(c12)CCCC3. The zero-order valence-corrected chi connectivity index (χ0v) is 20.5. The van der Waals surface area contributed by atoms with Crippen molar-refractivity contribution in [1.82, 2.24) is 4.72 Å². The summed E-state index contributed by atoms with van der Waals surface area (Å²) in [5.41, 5.74) is 3.21. The number of aryl methyl sites for hydroxylation is 3. The summed E-state index contributed by atoms with van der Waals surface area (Å²) in [4.78, 5) is 25.8. The lowest BCUT2D eigenvalue weighted by Crippen LogP contribution is -2.42. The van der Waals surface area contributed by atoms with Gasteiger partial charge in [-0.25, -0.2) is 18.0 Å². The number of carbonyl (C=O) groups excluding carboxylic acids is 1. The van der Waals surface area contributed by atoms with E-state index in [4.69, 9.17) is 9.15 Å². The summed E-state index contributed by atoms with van der Waals surface area (Å²) >= 11 is 0. The molecule has 1 atom stereocenters. The van der Waals surface area contributed by atoms with Crippen LogP contribution in [0, 0.1) is 13.8 Å². The Morgan fingerprint density at radius 1 is 1.06 bits per heavy atom. The van der Waals surface area contributed by atoms with E-state index in [0.29, 0.717) is 35.8 Å². The molecule has 0 fully saturated rings. The number of hydrogen-bond donors (Lipinski definition) is 1. The van der Waals surface area contributed by atoms with Crippen molar-refractivity contribution >= 4 is 27.0 Å². The molecule has 4 rings (SSSR count). The molecule has 7 nitrogen and oxygen atoms in total. The van der Waals surface area contributed by atoms with Crippen molar-refractivity contribution in [3.8, 4) is 5.75 Å². The Labute approximate surface area is 199 Å². The van der Waals surface area contributed by atoms with Gasteiger partial charge in [0.15, 0.2) is 0 Å². The molecule has 180 valence electrons. The van der Waals surface area contributed by atoms with Gasteiger partial charge in [0.2, 0.25) is 10.0 Å². The van der Waals surface area contributed by atoms with E-state index in [1.165, 1.54) is 12.1 Å². The number of hydrogen-bond acceptors (Lipinski definition) is 6. The van der Waals surface area contributed by atoms with Crippen LogP contribution in [0.4, 0.5) is 0 Å². The third kappa shape index (κ3) is 4.93. The minimum Gasteiger partial charge on any atom is -0.425 e. The Hall–Kier alpha value is -2.97. The monoisotopic (exact) mass is 483 g/mol. The van der Waals surface area contributed by atoms with E-state index >= 15 is 0 Å². The summed E-state index contributed by atoms with van der Waals surface area (Å²) in [6.07, 6.45) is 4.02. The van der Waals surface area contributed by atoms with E-state index in [9.17, 15) is 18.0 Å². The predicted molar refractivity (Wildman–Crippen MR) is 130 cm³/mol. The van der Waals surface area contributed by atoms with E-state index in [1.54, 1.807) is 24.3 Å². The Morgan fingerprint density at radius 2 is 1.74 bits per heavy atom. The van der Waals surface area contributed by atoms with Gasteiger partial charge >= 0.3 is 11.6 Å². The highest BCUT2D eigenvalue weighted by Gasteiger charge is 2.28. The number of carbonyl (C=O) groups is 1. The molecule has 0 unspecified atom stereocenters. The van der Waals surface area contributed by atoms with Crippen LogP contribution in [0.1, 0.15) is 54.9 Å². The van der Waals surface area contributed by atoms with Crippen molar-refractivity contribution in [3.63, 3.8) is 0 Å². The van der Waals surface area contributed by atoms with Gasteiger partial charge in [-0.05, 0) is 81.3 Å². The Bertz CT molecular complexity index is 1390. The summed E-state index contributed by atoms with van der Waals surface area (Å²) < 4.78 is 39.7. The second-order valence-corrected chi connectivity index (χ2v) is 10.6. The van der Waals surface area contributed by atoms with Crippen molar-refractivity contribution in [3.05, 3.63) is 69.1 Å². The molecule has 0 aliphatic heterocycles. The van der Waals surface area contributed by atoms with Crippen molar-refractivity contribution in [2.45, 2.75) is 70.2 Å². The molecule has 0 radical (unpaired) electrons. The topological polar surface area (TPSA) is 103 Å². The molecule has 0 saturated heterocycles. The lowest BCUT2D eigenvalue weighted by molar-refractivity contribution is -0.136. The van der Waals surface area contributed by atoms with Crippen LogP contribution in [0.25, 0.3) is 11.0 Å². The first-order chi connectivity index (χ1) is 16.2. The van der Waals surface area contributed by atoms with Crippen LogP contribution in [0.2, 0.25) is 0 Å². The van der Waals surface area contributed by atoms with Gasteiger partial charge < -0.3 is 9.15 Å². The molecule has 1 aliphatic rings. The summed E-state index contributed by atoms with van der Waals surface area (Å²) in [6.45, 7) is 5.56. The van der Waals surface area contributed by atoms with E-state index in [2.05, 4.69) is 4.72 Å². The number of nitrogens with one attached hydrogen (secondary N) is 1. The molecule has 0 spiro atoms. The summed E-state index contributed by atoms with van der Waals surface area (Å²) in [6, 6.07) is 8.86. The van der Waals surface area contributed by atoms with Crippen LogP contribution in [0.15, 0.2) is 50.5 Å². The summed E-state index contributed by atoms with van der Waals surface area (Å²) in [5, 5.41) is 0.616. The Kier molecular flexibility index (Phi) is 6.91. The molecule has 8 heteroatoms. The molecule has 3 aromatic rings. The predicted octanol–water partition coefficient (Wildman–Crippen LogP) is 4.34. The van der Waals surface area contributed by atoms with Gasteiger partial charge in [0.1, 0.15) is 17.4 Å². The van der Waals surface area contributed by atoms with Crippen LogP contribution in [-0.4, -0.2) is 20.4 Å². The summed E-state index contributed by atoms with van der Waals surface area (Å²) in [5.74, 6) is -0.405. The number of benzene rings is 2. The molecular formula is C26H29NO6S. The van der Waals surface area contributed by atoms with Gasteiger partial charge in [0, 0.05) is 5.56 Å². The molecule has 34 heavy (non-hydrogen) atoms. The maximum atomic E-state index is 13.2. The first-order valence-corrected chi connectivity index (χ1v) is 13.1. The average molecular weight is 484 g/mol. The van der Waals surface area contributed by atoms with Gasteiger partial charge in [0.25, 0.3) is 0 Å². The maximum absolute atomic E-state index is 13.2. The molecule has 0 amide bonds. The summed E-state index contributed by atoms with van der Waals surface area (Å²) in [7, 11) is -3.92. The largest absolute Gasteiger partial charge is 0.425 e. The molecular weight excluding hydrogens is 454 g/mol. The van der Waals surface area contributed by atoms with Crippen molar-refractivity contribution < 1.29 is 22.4 Å². The fraction of sp³-hybridized carbons (Fsp3) is 0.385.